The molecular formula is C18H27FN2O. The van der Waals surface area contributed by atoms with E-state index >= 15 is 0 Å². The third-order valence-corrected chi connectivity index (χ3v) is 4.78. The molecule has 3 nitrogen and oxygen atoms in total. The van der Waals surface area contributed by atoms with Gasteiger partial charge in [0.15, 0.2) is 0 Å². The van der Waals surface area contributed by atoms with Crippen LogP contribution in [0.4, 0.5) is 4.39 Å². The van der Waals surface area contributed by atoms with E-state index < -0.39 is 6.67 Å². The Hall–Kier alpha value is -1.42. The lowest BCUT2D eigenvalue weighted by Gasteiger charge is -2.41. The number of hydrogen-bond acceptors (Lipinski definition) is 2. The van der Waals surface area contributed by atoms with Crippen LogP contribution in [0.15, 0.2) is 24.3 Å². The minimum atomic E-state index is -0.458. The molecule has 2 rings (SSSR count). The van der Waals surface area contributed by atoms with Crippen molar-refractivity contribution in [1.82, 2.24) is 9.80 Å². The van der Waals surface area contributed by atoms with E-state index in [1.54, 1.807) is 12.1 Å². The number of likely N-dealkylation sites (N-methyl/N-ethyl adjacent to an activating group) is 2. The second-order valence-electron chi connectivity index (χ2n) is 6.51. The van der Waals surface area contributed by atoms with Crippen LogP contribution < -0.4 is 0 Å². The summed E-state index contributed by atoms with van der Waals surface area (Å²) >= 11 is 0. The van der Waals surface area contributed by atoms with Crippen LogP contribution >= 0.6 is 0 Å². The van der Waals surface area contributed by atoms with E-state index in [4.69, 9.17) is 0 Å². The zero-order chi connectivity index (χ0) is 16.1. The molecule has 2 unspecified atom stereocenters. The van der Waals surface area contributed by atoms with Gasteiger partial charge in [0.2, 0.25) is 5.91 Å². The number of halogens is 1. The SMILES string of the molecule is CN(C)C1CCCCC1N(C)C(=O)Cc1ccc(CF)cc1. The Bertz CT molecular complexity index is 486. The lowest BCUT2D eigenvalue weighted by Crippen LogP contribution is -2.52. The van der Waals surface area contributed by atoms with Crippen LogP contribution in [0.3, 0.4) is 0 Å². The molecule has 0 heterocycles. The lowest BCUT2D eigenvalue weighted by atomic mass is 9.88. The maximum Gasteiger partial charge on any atom is 0.227 e. The summed E-state index contributed by atoms with van der Waals surface area (Å²) in [6.07, 6.45) is 5.05. The fourth-order valence-electron chi connectivity index (χ4n) is 3.38. The zero-order valence-corrected chi connectivity index (χ0v) is 13.9. The smallest absolute Gasteiger partial charge is 0.227 e. The van der Waals surface area contributed by atoms with Gasteiger partial charge in [0, 0.05) is 19.1 Å². The number of alkyl halides is 1. The van der Waals surface area contributed by atoms with Crippen molar-refractivity contribution in [3.8, 4) is 0 Å². The van der Waals surface area contributed by atoms with E-state index in [0.29, 0.717) is 24.1 Å². The Balaban J connectivity index is 2.00. The van der Waals surface area contributed by atoms with Gasteiger partial charge in [-0.05, 0) is 38.1 Å². The highest BCUT2D eigenvalue weighted by Gasteiger charge is 2.31. The highest BCUT2D eigenvalue weighted by molar-refractivity contribution is 5.79. The van der Waals surface area contributed by atoms with Gasteiger partial charge in [-0.2, -0.15) is 0 Å². The van der Waals surface area contributed by atoms with Crippen LogP contribution in [-0.4, -0.2) is 48.9 Å². The van der Waals surface area contributed by atoms with Gasteiger partial charge in [-0.25, -0.2) is 4.39 Å². The van der Waals surface area contributed by atoms with E-state index in [1.807, 2.05) is 24.1 Å². The van der Waals surface area contributed by atoms with Crippen LogP contribution in [-0.2, 0) is 17.9 Å². The number of amides is 1. The van der Waals surface area contributed by atoms with Gasteiger partial charge < -0.3 is 9.80 Å². The van der Waals surface area contributed by atoms with Crippen LogP contribution in [0.5, 0.6) is 0 Å². The van der Waals surface area contributed by atoms with Gasteiger partial charge in [-0.3, -0.25) is 4.79 Å². The average molecular weight is 306 g/mol. The Morgan fingerprint density at radius 1 is 1.05 bits per heavy atom. The molecule has 0 aliphatic heterocycles. The zero-order valence-electron chi connectivity index (χ0n) is 13.9. The molecule has 0 saturated heterocycles. The van der Waals surface area contributed by atoms with Crippen molar-refractivity contribution in [2.45, 2.75) is 50.9 Å². The predicted molar refractivity (Wildman–Crippen MR) is 87.5 cm³/mol. The molecule has 2 atom stereocenters. The quantitative estimate of drug-likeness (QED) is 0.835. The lowest BCUT2D eigenvalue weighted by molar-refractivity contribution is -0.133. The second kappa shape index (κ2) is 7.73. The molecule has 0 N–H and O–H groups in total. The van der Waals surface area contributed by atoms with E-state index in [1.165, 1.54) is 12.8 Å². The van der Waals surface area contributed by atoms with E-state index in [0.717, 1.165) is 18.4 Å². The molecule has 0 bridgehead atoms. The summed E-state index contributed by atoms with van der Waals surface area (Å²) in [6.45, 7) is -0.458. The third kappa shape index (κ3) is 4.07. The van der Waals surface area contributed by atoms with Crippen molar-refractivity contribution in [2.24, 2.45) is 0 Å². The van der Waals surface area contributed by atoms with Crippen LogP contribution in [0.25, 0.3) is 0 Å². The maximum atomic E-state index is 12.6. The highest BCUT2D eigenvalue weighted by Crippen LogP contribution is 2.25. The van der Waals surface area contributed by atoms with Gasteiger partial charge in [0.05, 0.1) is 6.42 Å². The minimum absolute atomic E-state index is 0.145. The molecule has 1 aromatic carbocycles. The molecule has 1 aliphatic rings. The highest BCUT2D eigenvalue weighted by atomic mass is 19.1. The van der Waals surface area contributed by atoms with Crippen molar-refractivity contribution in [3.05, 3.63) is 35.4 Å². The van der Waals surface area contributed by atoms with Crippen molar-refractivity contribution in [2.75, 3.05) is 21.1 Å². The van der Waals surface area contributed by atoms with E-state index in [9.17, 15) is 9.18 Å². The summed E-state index contributed by atoms with van der Waals surface area (Å²) in [5.74, 6) is 0.145. The summed E-state index contributed by atoms with van der Waals surface area (Å²) < 4.78 is 12.5. The molecule has 1 fully saturated rings. The predicted octanol–water partition coefficient (Wildman–Crippen LogP) is 3.03. The van der Waals surface area contributed by atoms with Crippen molar-refractivity contribution in [1.29, 1.82) is 0 Å². The Kier molecular flexibility index (Phi) is 5.95. The molecule has 0 radical (unpaired) electrons. The maximum absolute atomic E-state index is 12.6. The Morgan fingerprint density at radius 2 is 1.59 bits per heavy atom. The van der Waals surface area contributed by atoms with E-state index in [-0.39, 0.29) is 5.91 Å². The van der Waals surface area contributed by atoms with Crippen molar-refractivity contribution < 1.29 is 9.18 Å². The molecule has 4 heteroatoms. The summed E-state index contributed by atoms with van der Waals surface area (Å²) in [7, 11) is 6.11. The normalized spacial score (nSPS) is 21.9. The van der Waals surface area contributed by atoms with Crippen LogP contribution in [0.1, 0.15) is 36.8 Å². The first-order chi connectivity index (χ1) is 10.5. The van der Waals surface area contributed by atoms with Gasteiger partial charge in [0.25, 0.3) is 0 Å². The van der Waals surface area contributed by atoms with Gasteiger partial charge >= 0.3 is 0 Å². The van der Waals surface area contributed by atoms with Crippen LogP contribution in [0.2, 0.25) is 0 Å². The number of benzene rings is 1. The molecular weight excluding hydrogens is 279 g/mol. The molecule has 122 valence electrons. The largest absolute Gasteiger partial charge is 0.341 e. The number of hydrogen-bond donors (Lipinski definition) is 0. The van der Waals surface area contributed by atoms with E-state index in [2.05, 4.69) is 19.0 Å². The van der Waals surface area contributed by atoms with Crippen molar-refractivity contribution >= 4 is 5.91 Å². The first-order valence-corrected chi connectivity index (χ1v) is 8.08. The first kappa shape index (κ1) is 16.9. The molecule has 22 heavy (non-hydrogen) atoms. The number of rotatable bonds is 5. The molecule has 1 saturated carbocycles. The topological polar surface area (TPSA) is 23.6 Å². The number of carbonyl (C=O) groups excluding carboxylic acids is 1. The minimum Gasteiger partial charge on any atom is -0.341 e. The first-order valence-electron chi connectivity index (χ1n) is 8.08. The Morgan fingerprint density at radius 3 is 2.14 bits per heavy atom. The molecule has 1 aliphatic carbocycles. The number of nitrogens with zero attached hydrogens (tertiary/aromatic N) is 2. The Labute approximate surface area is 133 Å². The fourth-order valence-corrected chi connectivity index (χ4v) is 3.38. The molecule has 1 aromatic rings. The monoisotopic (exact) mass is 306 g/mol. The summed E-state index contributed by atoms with van der Waals surface area (Å²) in [5.41, 5.74) is 1.61. The van der Waals surface area contributed by atoms with Gasteiger partial charge in [-0.1, -0.05) is 37.1 Å². The third-order valence-electron chi connectivity index (χ3n) is 4.78. The summed E-state index contributed by atoms with van der Waals surface area (Å²) in [4.78, 5) is 16.7. The van der Waals surface area contributed by atoms with Crippen LogP contribution in [0, 0.1) is 0 Å². The average Bonchev–Trinajstić information content (AvgIpc) is 2.54. The molecule has 0 aromatic heterocycles. The molecule has 0 spiro atoms. The standard InChI is InChI=1S/C18H27FN2O/c1-20(2)16-6-4-5-7-17(16)21(3)18(22)12-14-8-10-15(13-19)11-9-14/h8-11,16-17H,4-7,12-13H2,1-3H3. The fraction of sp³-hybridized carbons (Fsp3) is 0.611. The van der Waals surface area contributed by atoms with Gasteiger partial charge in [0.1, 0.15) is 6.67 Å². The number of carbonyl (C=O) groups is 1. The van der Waals surface area contributed by atoms with Gasteiger partial charge in [-0.15, -0.1) is 0 Å². The summed E-state index contributed by atoms with van der Waals surface area (Å²) in [6, 6.07) is 7.95. The van der Waals surface area contributed by atoms with Crippen molar-refractivity contribution in [3.63, 3.8) is 0 Å². The molecule has 1 amide bonds. The summed E-state index contributed by atoms with van der Waals surface area (Å²) in [5, 5.41) is 0. The second-order valence-corrected chi connectivity index (χ2v) is 6.51.